The first-order chi connectivity index (χ1) is 9.49. The zero-order valence-electron chi connectivity index (χ0n) is 9.84. The van der Waals surface area contributed by atoms with E-state index in [-0.39, 0.29) is 17.2 Å². The number of nitro groups is 1. The molecule has 0 unspecified atom stereocenters. The van der Waals surface area contributed by atoms with Crippen LogP contribution in [0.15, 0.2) is 35.2 Å². The van der Waals surface area contributed by atoms with Crippen LogP contribution >= 0.6 is 46.3 Å². The second-order valence-corrected chi connectivity index (χ2v) is 6.98. The van der Waals surface area contributed by atoms with Crippen LogP contribution in [0.1, 0.15) is 10.4 Å². The highest BCUT2D eigenvalue weighted by Crippen LogP contribution is 2.34. The fraction of sp³-hybridized carbons (Fsp3) is 0.0833. The molecule has 0 spiro atoms. The second kappa shape index (κ2) is 6.58. The first kappa shape index (κ1) is 15.3. The Morgan fingerprint density at radius 3 is 2.65 bits per heavy atom. The Labute approximate surface area is 132 Å². The topological polar surface area (TPSA) is 60.2 Å². The quantitative estimate of drug-likeness (QED) is 0.332. The van der Waals surface area contributed by atoms with Crippen LogP contribution in [0, 0.1) is 10.1 Å². The SMILES string of the molecule is O=C(CSc1ccccc1[N+](=O)[O-])c1cc(Cl)sc1Cl. The van der Waals surface area contributed by atoms with E-state index in [1.165, 1.54) is 12.1 Å². The number of carbonyl (C=O) groups excluding carboxylic acids is 1. The zero-order valence-corrected chi connectivity index (χ0v) is 13.0. The number of thioether (sulfide) groups is 1. The maximum atomic E-state index is 12.0. The molecule has 0 atom stereocenters. The zero-order chi connectivity index (χ0) is 14.7. The van der Waals surface area contributed by atoms with Gasteiger partial charge in [0.2, 0.25) is 0 Å². The van der Waals surface area contributed by atoms with E-state index in [4.69, 9.17) is 23.2 Å². The number of hydrogen-bond acceptors (Lipinski definition) is 5. The molecule has 1 aromatic carbocycles. The van der Waals surface area contributed by atoms with Gasteiger partial charge in [0, 0.05) is 11.6 Å². The molecule has 0 bridgehead atoms. The van der Waals surface area contributed by atoms with Crippen molar-refractivity contribution < 1.29 is 9.72 Å². The first-order valence-electron chi connectivity index (χ1n) is 5.33. The van der Waals surface area contributed by atoms with E-state index in [0.717, 1.165) is 23.1 Å². The summed E-state index contributed by atoms with van der Waals surface area (Å²) in [6, 6.07) is 7.80. The van der Waals surface area contributed by atoms with Gasteiger partial charge in [-0.05, 0) is 12.1 Å². The molecule has 0 amide bonds. The van der Waals surface area contributed by atoms with Gasteiger partial charge in [0.25, 0.3) is 5.69 Å². The lowest BCUT2D eigenvalue weighted by Gasteiger charge is -2.02. The van der Waals surface area contributed by atoms with E-state index in [0.29, 0.717) is 19.1 Å². The molecule has 1 heterocycles. The average Bonchev–Trinajstić information content (AvgIpc) is 2.75. The fourth-order valence-corrected chi connectivity index (χ4v) is 3.89. The molecule has 0 saturated carbocycles. The predicted molar refractivity (Wildman–Crippen MR) is 82.5 cm³/mol. The molecule has 0 aliphatic heterocycles. The maximum Gasteiger partial charge on any atom is 0.282 e. The number of Topliss-reactive ketones (excluding diaryl/α,β-unsaturated/α-hetero) is 1. The minimum absolute atomic E-state index is 0.0141. The Hall–Kier alpha value is -1.08. The summed E-state index contributed by atoms with van der Waals surface area (Å²) in [6.07, 6.45) is 0. The number of halogens is 2. The molecule has 8 heteroatoms. The highest BCUT2D eigenvalue weighted by molar-refractivity contribution is 8.00. The van der Waals surface area contributed by atoms with E-state index in [1.807, 2.05) is 0 Å². The number of para-hydroxylation sites is 1. The first-order valence-corrected chi connectivity index (χ1v) is 7.89. The van der Waals surface area contributed by atoms with E-state index < -0.39 is 4.92 Å². The molecular formula is C12H7Cl2NO3S2. The van der Waals surface area contributed by atoms with Crippen molar-refractivity contribution in [3.05, 3.63) is 54.7 Å². The predicted octanol–water partition coefficient (Wildman–Crippen LogP) is 4.94. The lowest BCUT2D eigenvalue weighted by atomic mass is 10.2. The van der Waals surface area contributed by atoms with Crippen LogP contribution < -0.4 is 0 Å². The number of carbonyl (C=O) groups is 1. The second-order valence-electron chi connectivity index (χ2n) is 3.67. The van der Waals surface area contributed by atoms with Crippen molar-refractivity contribution >= 4 is 57.8 Å². The number of rotatable bonds is 5. The van der Waals surface area contributed by atoms with E-state index in [9.17, 15) is 14.9 Å². The van der Waals surface area contributed by atoms with Crippen LogP contribution in [-0.4, -0.2) is 16.5 Å². The van der Waals surface area contributed by atoms with Gasteiger partial charge in [-0.15, -0.1) is 23.1 Å². The van der Waals surface area contributed by atoms with Crippen molar-refractivity contribution in [1.29, 1.82) is 0 Å². The number of nitrogens with zero attached hydrogens (tertiary/aromatic N) is 1. The van der Waals surface area contributed by atoms with Crippen molar-refractivity contribution in [2.24, 2.45) is 0 Å². The summed E-state index contributed by atoms with van der Waals surface area (Å²) in [5.74, 6) is -0.140. The van der Waals surface area contributed by atoms with Gasteiger partial charge in [-0.2, -0.15) is 0 Å². The van der Waals surface area contributed by atoms with Gasteiger partial charge < -0.3 is 0 Å². The summed E-state index contributed by atoms with van der Waals surface area (Å²) in [5, 5.41) is 10.9. The Bertz CT molecular complexity index is 672. The van der Waals surface area contributed by atoms with Crippen molar-refractivity contribution in [2.45, 2.75) is 4.90 Å². The van der Waals surface area contributed by atoms with Gasteiger partial charge in [-0.1, -0.05) is 35.3 Å². The molecule has 4 nitrogen and oxygen atoms in total. The molecule has 0 aliphatic rings. The summed E-state index contributed by atoms with van der Waals surface area (Å²) in [7, 11) is 0. The summed E-state index contributed by atoms with van der Waals surface area (Å²) >= 11 is 13.9. The van der Waals surface area contributed by atoms with Gasteiger partial charge >= 0.3 is 0 Å². The summed E-state index contributed by atoms with van der Waals surface area (Å²) in [6.45, 7) is 0. The normalized spacial score (nSPS) is 10.5. The molecule has 2 rings (SSSR count). The lowest BCUT2D eigenvalue weighted by molar-refractivity contribution is -0.387. The highest BCUT2D eigenvalue weighted by Gasteiger charge is 2.17. The standard InChI is InChI=1S/C12H7Cl2NO3S2/c13-11-5-7(12(14)20-11)9(16)6-19-10-4-2-1-3-8(10)15(17)18/h1-5H,6H2. The van der Waals surface area contributed by atoms with Gasteiger partial charge in [0.15, 0.2) is 5.78 Å². The Morgan fingerprint density at radius 2 is 2.05 bits per heavy atom. The number of ketones is 1. The third kappa shape index (κ3) is 3.52. The summed E-state index contributed by atoms with van der Waals surface area (Å²) < 4.78 is 0.775. The van der Waals surface area contributed by atoms with E-state index >= 15 is 0 Å². The van der Waals surface area contributed by atoms with Gasteiger partial charge in [-0.25, -0.2) is 0 Å². The van der Waals surface area contributed by atoms with Crippen molar-refractivity contribution in [3.63, 3.8) is 0 Å². The molecule has 1 aromatic heterocycles. The van der Waals surface area contributed by atoms with Crippen molar-refractivity contribution in [3.8, 4) is 0 Å². The number of thiophene rings is 1. The Balaban J connectivity index is 2.11. The molecular weight excluding hydrogens is 341 g/mol. The van der Waals surface area contributed by atoms with Crippen LogP contribution in [0.4, 0.5) is 5.69 Å². The largest absolute Gasteiger partial charge is 0.293 e. The van der Waals surface area contributed by atoms with Crippen LogP contribution in [0.3, 0.4) is 0 Å². The third-order valence-corrected chi connectivity index (χ3v) is 4.93. The third-order valence-electron chi connectivity index (χ3n) is 2.38. The number of nitro benzene ring substituents is 1. The van der Waals surface area contributed by atoms with E-state index in [1.54, 1.807) is 18.2 Å². The van der Waals surface area contributed by atoms with Gasteiger partial charge in [-0.3, -0.25) is 14.9 Å². The molecule has 20 heavy (non-hydrogen) atoms. The smallest absolute Gasteiger partial charge is 0.282 e. The van der Waals surface area contributed by atoms with Crippen molar-refractivity contribution in [2.75, 3.05) is 5.75 Å². The lowest BCUT2D eigenvalue weighted by Crippen LogP contribution is -2.01. The number of benzene rings is 1. The van der Waals surface area contributed by atoms with Crippen LogP contribution in [0.5, 0.6) is 0 Å². The molecule has 0 fully saturated rings. The average molecular weight is 348 g/mol. The Kier molecular flexibility index (Phi) is 5.04. The minimum atomic E-state index is -0.471. The number of hydrogen-bond donors (Lipinski definition) is 0. The van der Waals surface area contributed by atoms with Crippen LogP contribution in [-0.2, 0) is 0 Å². The van der Waals surface area contributed by atoms with Crippen molar-refractivity contribution in [1.82, 2.24) is 0 Å². The minimum Gasteiger partial charge on any atom is -0.293 e. The summed E-state index contributed by atoms with van der Waals surface area (Å²) in [4.78, 5) is 22.8. The fourth-order valence-electron chi connectivity index (χ4n) is 1.48. The highest BCUT2D eigenvalue weighted by atomic mass is 35.5. The maximum absolute atomic E-state index is 12.0. The van der Waals surface area contributed by atoms with E-state index in [2.05, 4.69) is 0 Å². The molecule has 0 saturated heterocycles. The molecule has 0 N–H and O–H groups in total. The molecule has 0 radical (unpaired) electrons. The molecule has 104 valence electrons. The molecule has 0 aliphatic carbocycles. The van der Waals surface area contributed by atoms with Crippen LogP contribution in [0.2, 0.25) is 8.67 Å². The van der Waals surface area contributed by atoms with Gasteiger partial charge in [0.1, 0.15) is 4.34 Å². The summed E-state index contributed by atoms with van der Waals surface area (Å²) in [5.41, 5.74) is 0.340. The van der Waals surface area contributed by atoms with Gasteiger partial charge in [0.05, 0.1) is 19.9 Å². The molecule has 2 aromatic rings. The Morgan fingerprint density at radius 1 is 1.35 bits per heavy atom. The van der Waals surface area contributed by atoms with Crippen LogP contribution in [0.25, 0.3) is 0 Å². The monoisotopic (exact) mass is 347 g/mol.